The molecule has 2 unspecified atom stereocenters. The number of hydrogen-bond donors (Lipinski definition) is 3. The normalized spacial score (nSPS) is 21.8. The van der Waals surface area contributed by atoms with E-state index in [0.717, 1.165) is 17.8 Å². The highest BCUT2D eigenvalue weighted by atomic mass is 19.4. The molecular formula is C24H27F3N6O3. The molecular weight excluding hydrogens is 477 g/mol. The number of hydrogen-bond acceptors (Lipinski definition) is 7. The van der Waals surface area contributed by atoms with Crippen molar-refractivity contribution < 1.29 is 28.2 Å². The van der Waals surface area contributed by atoms with Crippen LogP contribution in [0.4, 0.5) is 24.8 Å². The van der Waals surface area contributed by atoms with E-state index >= 15 is 0 Å². The molecule has 1 fully saturated rings. The summed E-state index contributed by atoms with van der Waals surface area (Å²) in [5, 5.41) is 31.8. The van der Waals surface area contributed by atoms with Crippen LogP contribution in [0.5, 0.6) is 0 Å². The van der Waals surface area contributed by atoms with Crippen molar-refractivity contribution >= 4 is 17.6 Å². The van der Waals surface area contributed by atoms with Gasteiger partial charge in [-0.15, -0.1) is 5.10 Å². The highest BCUT2D eigenvalue weighted by molar-refractivity contribution is 5.71. The number of aliphatic carboxylic acids is 1. The minimum atomic E-state index is -4.58. The first-order valence-electron chi connectivity index (χ1n) is 11.4. The molecule has 0 spiro atoms. The number of alkyl halides is 3. The van der Waals surface area contributed by atoms with Crippen LogP contribution in [0.25, 0.3) is 11.3 Å². The Morgan fingerprint density at radius 1 is 1.28 bits per heavy atom. The zero-order chi connectivity index (χ0) is 26.3. The van der Waals surface area contributed by atoms with E-state index in [1.54, 1.807) is 18.3 Å². The lowest BCUT2D eigenvalue weighted by Crippen LogP contribution is -2.48. The average Bonchev–Trinajstić information content (AvgIpc) is 3.19. The molecule has 2 heterocycles. The second kappa shape index (κ2) is 9.16. The Morgan fingerprint density at radius 2 is 2.03 bits per heavy atom. The zero-order valence-corrected chi connectivity index (χ0v) is 20.0. The topological polar surface area (TPSA) is 126 Å². The molecule has 9 nitrogen and oxygen atoms in total. The Hall–Kier alpha value is -3.54. The summed E-state index contributed by atoms with van der Waals surface area (Å²) in [7, 11) is 0. The van der Waals surface area contributed by atoms with E-state index in [0.29, 0.717) is 36.2 Å². The number of carbonyl (C=O) groups is 1. The SMILES string of the molecule is Cc1cc(Nc2nccc(C(F)(F)F)n2)cc(-c2cn(CC3(O)CCC(C(=O)O)C(C)(C)C3)nn2)c1. The molecule has 1 aliphatic rings. The molecule has 12 heteroatoms. The minimum absolute atomic E-state index is 0.158. The van der Waals surface area contributed by atoms with Gasteiger partial charge in [-0.05, 0) is 61.4 Å². The molecule has 0 radical (unpaired) electrons. The first kappa shape index (κ1) is 25.5. The van der Waals surface area contributed by atoms with Crippen LogP contribution in [0.15, 0.2) is 36.7 Å². The van der Waals surface area contributed by atoms with E-state index in [2.05, 4.69) is 25.6 Å². The van der Waals surface area contributed by atoms with E-state index in [-0.39, 0.29) is 12.5 Å². The van der Waals surface area contributed by atoms with Crippen LogP contribution in [0.1, 0.15) is 44.4 Å². The monoisotopic (exact) mass is 504 g/mol. The second-order valence-electron chi connectivity index (χ2n) is 10.1. The van der Waals surface area contributed by atoms with Crippen molar-refractivity contribution in [3.8, 4) is 11.3 Å². The predicted molar refractivity (Wildman–Crippen MR) is 124 cm³/mol. The van der Waals surface area contributed by atoms with Gasteiger partial charge in [-0.2, -0.15) is 13.2 Å². The number of anilines is 2. The number of nitrogens with one attached hydrogen (secondary N) is 1. The molecule has 0 saturated heterocycles. The number of aliphatic hydroxyl groups is 1. The van der Waals surface area contributed by atoms with Gasteiger partial charge < -0.3 is 15.5 Å². The Balaban J connectivity index is 1.52. The van der Waals surface area contributed by atoms with Gasteiger partial charge in [0.15, 0.2) is 0 Å². The van der Waals surface area contributed by atoms with Crippen molar-refractivity contribution in [3.05, 3.63) is 47.9 Å². The number of aryl methyl sites for hydroxylation is 1. The van der Waals surface area contributed by atoms with E-state index < -0.39 is 34.8 Å². The Kier molecular flexibility index (Phi) is 6.50. The maximum atomic E-state index is 13.0. The van der Waals surface area contributed by atoms with Crippen molar-refractivity contribution in [2.45, 2.75) is 58.4 Å². The fraction of sp³-hybridized carbons (Fsp3) is 0.458. The Labute approximate surface area is 205 Å². The summed E-state index contributed by atoms with van der Waals surface area (Å²) < 4.78 is 40.4. The van der Waals surface area contributed by atoms with Gasteiger partial charge in [-0.1, -0.05) is 19.1 Å². The van der Waals surface area contributed by atoms with E-state index in [1.807, 2.05) is 26.8 Å². The highest BCUT2D eigenvalue weighted by Gasteiger charge is 2.47. The molecule has 4 rings (SSSR count). The maximum Gasteiger partial charge on any atom is 0.433 e. The van der Waals surface area contributed by atoms with E-state index in [1.165, 1.54) is 4.68 Å². The third-order valence-corrected chi connectivity index (χ3v) is 6.49. The fourth-order valence-corrected chi connectivity index (χ4v) is 4.97. The van der Waals surface area contributed by atoms with E-state index in [4.69, 9.17) is 0 Å². The van der Waals surface area contributed by atoms with Gasteiger partial charge >= 0.3 is 12.1 Å². The van der Waals surface area contributed by atoms with Crippen molar-refractivity contribution in [2.75, 3.05) is 5.32 Å². The summed E-state index contributed by atoms with van der Waals surface area (Å²) in [6.07, 6.45) is -0.865. The standard InChI is InChI=1S/C24H27F3N6O3/c1-14-8-15(10-16(9-14)29-21-28-7-5-19(30-21)24(25,26)27)18-11-33(32-31-18)13-23(36)6-4-17(20(34)35)22(2,3)12-23/h5,7-11,17,36H,4,6,12-13H2,1-3H3,(H,34,35)(H,28,29,30). The average molecular weight is 505 g/mol. The summed E-state index contributed by atoms with van der Waals surface area (Å²) in [5.41, 5.74) is -0.276. The summed E-state index contributed by atoms with van der Waals surface area (Å²) >= 11 is 0. The number of nitrogens with zero attached hydrogens (tertiary/aromatic N) is 5. The van der Waals surface area contributed by atoms with Gasteiger partial charge in [0.05, 0.1) is 24.3 Å². The summed E-state index contributed by atoms with van der Waals surface area (Å²) in [5.74, 6) is -1.57. The summed E-state index contributed by atoms with van der Waals surface area (Å²) in [6.45, 7) is 5.68. The molecule has 1 saturated carbocycles. The lowest BCUT2D eigenvalue weighted by atomic mass is 9.63. The third-order valence-electron chi connectivity index (χ3n) is 6.49. The first-order valence-corrected chi connectivity index (χ1v) is 11.4. The minimum Gasteiger partial charge on any atom is -0.481 e. The number of carboxylic acids is 1. The van der Waals surface area contributed by atoms with Crippen molar-refractivity contribution in [2.24, 2.45) is 11.3 Å². The van der Waals surface area contributed by atoms with E-state index in [9.17, 15) is 28.2 Å². The van der Waals surface area contributed by atoms with Crippen LogP contribution >= 0.6 is 0 Å². The molecule has 3 aromatic rings. The smallest absolute Gasteiger partial charge is 0.433 e. The summed E-state index contributed by atoms with van der Waals surface area (Å²) in [4.78, 5) is 19.0. The van der Waals surface area contributed by atoms with Gasteiger partial charge in [-0.25, -0.2) is 14.6 Å². The van der Waals surface area contributed by atoms with Gasteiger partial charge in [0, 0.05) is 17.4 Å². The van der Waals surface area contributed by atoms with Gasteiger partial charge in [0.25, 0.3) is 0 Å². The predicted octanol–water partition coefficient (Wildman–Crippen LogP) is 4.45. The van der Waals surface area contributed by atoms with Gasteiger partial charge in [0.2, 0.25) is 5.95 Å². The van der Waals surface area contributed by atoms with Crippen molar-refractivity contribution in [1.82, 2.24) is 25.0 Å². The number of benzene rings is 1. The number of carboxylic acid groups (broad SMARTS) is 1. The second-order valence-corrected chi connectivity index (χ2v) is 10.1. The molecule has 0 aliphatic heterocycles. The largest absolute Gasteiger partial charge is 0.481 e. The molecule has 2 atom stereocenters. The third kappa shape index (κ3) is 5.64. The number of rotatable bonds is 6. The van der Waals surface area contributed by atoms with Crippen LogP contribution in [-0.2, 0) is 17.5 Å². The quantitative estimate of drug-likeness (QED) is 0.450. The molecule has 1 aliphatic carbocycles. The van der Waals surface area contributed by atoms with Crippen LogP contribution in [0.3, 0.4) is 0 Å². The molecule has 2 aromatic heterocycles. The fourth-order valence-electron chi connectivity index (χ4n) is 4.97. The Morgan fingerprint density at radius 3 is 2.69 bits per heavy atom. The lowest BCUT2D eigenvalue weighted by Gasteiger charge is -2.45. The van der Waals surface area contributed by atoms with Crippen LogP contribution in [0.2, 0.25) is 0 Å². The molecule has 36 heavy (non-hydrogen) atoms. The van der Waals surface area contributed by atoms with Gasteiger partial charge in [-0.3, -0.25) is 4.79 Å². The molecule has 192 valence electrons. The number of halogens is 3. The Bertz CT molecular complexity index is 1280. The number of aromatic nitrogens is 5. The summed E-state index contributed by atoms with van der Waals surface area (Å²) in [6, 6.07) is 6.08. The van der Waals surface area contributed by atoms with Crippen LogP contribution < -0.4 is 5.32 Å². The highest BCUT2D eigenvalue weighted by Crippen LogP contribution is 2.46. The molecule has 3 N–H and O–H groups in total. The zero-order valence-electron chi connectivity index (χ0n) is 20.0. The molecule has 0 amide bonds. The van der Waals surface area contributed by atoms with Gasteiger partial charge in [0.1, 0.15) is 11.4 Å². The first-order chi connectivity index (χ1) is 16.7. The lowest BCUT2D eigenvalue weighted by molar-refractivity contribution is -0.154. The molecule has 0 bridgehead atoms. The van der Waals surface area contributed by atoms with Crippen molar-refractivity contribution in [1.29, 1.82) is 0 Å². The van der Waals surface area contributed by atoms with Crippen molar-refractivity contribution in [3.63, 3.8) is 0 Å². The van der Waals surface area contributed by atoms with Crippen LogP contribution in [0, 0.1) is 18.3 Å². The molecule has 1 aromatic carbocycles. The maximum absolute atomic E-state index is 13.0. The van der Waals surface area contributed by atoms with Crippen LogP contribution in [-0.4, -0.2) is 46.7 Å².